The maximum atomic E-state index is 6.33. The fourth-order valence-electron chi connectivity index (χ4n) is 3.36. The third kappa shape index (κ3) is 3.42. The van der Waals surface area contributed by atoms with Gasteiger partial charge in [-0.15, -0.1) is 0 Å². The normalized spacial score (nSPS) is 26.8. The molecule has 0 bridgehead atoms. The van der Waals surface area contributed by atoms with E-state index in [2.05, 4.69) is 39.8 Å². The molecule has 0 aliphatic heterocycles. The number of nitrogens with two attached hydrogens (primary N) is 1. The summed E-state index contributed by atoms with van der Waals surface area (Å²) in [4.78, 5) is 0. The number of aryl methyl sites for hydroxylation is 3. The van der Waals surface area contributed by atoms with Gasteiger partial charge in [0.05, 0.1) is 12.2 Å². The molecule has 0 aromatic heterocycles. The second-order valence-electron chi connectivity index (χ2n) is 6.74. The summed E-state index contributed by atoms with van der Waals surface area (Å²) in [7, 11) is 0. The first-order chi connectivity index (χ1) is 9.46. The Morgan fingerprint density at radius 1 is 1.15 bits per heavy atom. The Balaban J connectivity index is 2.07. The van der Waals surface area contributed by atoms with E-state index in [4.69, 9.17) is 10.5 Å². The molecule has 2 heteroatoms. The lowest BCUT2D eigenvalue weighted by atomic mass is 9.79. The van der Waals surface area contributed by atoms with E-state index in [-0.39, 0.29) is 5.60 Å². The third-order valence-corrected chi connectivity index (χ3v) is 4.92. The van der Waals surface area contributed by atoms with E-state index >= 15 is 0 Å². The highest BCUT2D eigenvalue weighted by atomic mass is 16.5. The van der Waals surface area contributed by atoms with E-state index in [0.29, 0.717) is 13.2 Å². The van der Waals surface area contributed by atoms with E-state index in [1.54, 1.807) is 0 Å². The minimum atomic E-state index is -0.0870. The molecule has 1 aromatic rings. The molecule has 0 unspecified atom stereocenters. The molecule has 0 atom stereocenters. The average Bonchev–Trinajstić information content (AvgIpc) is 2.40. The van der Waals surface area contributed by atoms with Gasteiger partial charge in [0.15, 0.2) is 0 Å². The van der Waals surface area contributed by atoms with Crippen LogP contribution in [0.4, 0.5) is 0 Å². The second-order valence-corrected chi connectivity index (χ2v) is 6.74. The topological polar surface area (TPSA) is 35.2 Å². The Morgan fingerprint density at radius 3 is 2.20 bits per heavy atom. The zero-order chi connectivity index (χ0) is 14.8. The Kier molecular flexibility index (Phi) is 4.87. The Hall–Kier alpha value is -0.860. The first kappa shape index (κ1) is 15.5. The van der Waals surface area contributed by atoms with Gasteiger partial charge in [0, 0.05) is 6.54 Å². The third-order valence-electron chi connectivity index (χ3n) is 4.92. The molecular formula is C18H29NO. The maximum absolute atomic E-state index is 6.33. The Morgan fingerprint density at radius 2 is 1.70 bits per heavy atom. The Labute approximate surface area is 123 Å². The van der Waals surface area contributed by atoms with Gasteiger partial charge in [-0.25, -0.2) is 0 Å². The molecule has 2 rings (SSSR count). The van der Waals surface area contributed by atoms with Crippen molar-refractivity contribution in [2.45, 2.75) is 65.6 Å². The van der Waals surface area contributed by atoms with Gasteiger partial charge in [-0.2, -0.15) is 0 Å². The first-order valence-electron chi connectivity index (χ1n) is 7.86. The summed E-state index contributed by atoms with van der Waals surface area (Å²) >= 11 is 0. The fraction of sp³-hybridized carbons (Fsp3) is 0.667. The SMILES string of the molecule is Cc1cc(C)c(COC2(CN)CCC(C)CC2)c(C)c1. The quantitative estimate of drug-likeness (QED) is 0.900. The van der Waals surface area contributed by atoms with Gasteiger partial charge in [0.25, 0.3) is 0 Å². The van der Waals surface area contributed by atoms with E-state index in [9.17, 15) is 0 Å². The zero-order valence-corrected chi connectivity index (χ0v) is 13.5. The molecule has 1 aliphatic carbocycles. The van der Waals surface area contributed by atoms with Gasteiger partial charge < -0.3 is 10.5 Å². The van der Waals surface area contributed by atoms with Gasteiger partial charge in [0.1, 0.15) is 0 Å². The minimum Gasteiger partial charge on any atom is -0.369 e. The molecule has 1 aliphatic rings. The van der Waals surface area contributed by atoms with Crippen LogP contribution in [-0.4, -0.2) is 12.1 Å². The first-order valence-corrected chi connectivity index (χ1v) is 7.86. The monoisotopic (exact) mass is 275 g/mol. The number of rotatable bonds is 4. The molecule has 2 nitrogen and oxygen atoms in total. The molecule has 112 valence electrons. The summed E-state index contributed by atoms with van der Waals surface area (Å²) in [6.07, 6.45) is 4.69. The number of benzene rings is 1. The van der Waals surface area contributed by atoms with E-state index in [1.165, 1.54) is 35.1 Å². The average molecular weight is 275 g/mol. The molecule has 0 heterocycles. The van der Waals surface area contributed by atoms with Crippen molar-refractivity contribution < 1.29 is 4.74 Å². The van der Waals surface area contributed by atoms with Gasteiger partial charge >= 0.3 is 0 Å². The standard InChI is InChI=1S/C18H29NO/c1-13-5-7-18(12-19,8-6-13)20-11-17-15(3)9-14(2)10-16(17)4/h9-10,13H,5-8,11-12,19H2,1-4H3. The van der Waals surface area contributed by atoms with E-state index in [0.717, 1.165) is 18.8 Å². The van der Waals surface area contributed by atoms with Crippen LogP contribution in [-0.2, 0) is 11.3 Å². The maximum Gasteiger partial charge on any atom is 0.0808 e. The van der Waals surface area contributed by atoms with Crippen molar-refractivity contribution in [1.29, 1.82) is 0 Å². The van der Waals surface area contributed by atoms with Crippen LogP contribution in [0.1, 0.15) is 54.9 Å². The van der Waals surface area contributed by atoms with Crippen molar-refractivity contribution in [3.05, 3.63) is 34.4 Å². The van der Waals surface area contributed by atoms with Crippen molar-refractivity contribution in [1.82, 2.24) is 0 Å². The number of ether oxygens (including phenoxy) is 1. The van der Waals surface area contributed by atoms with Crippen molar-refractivity contribution in [3.63, 3.8) is 0 Å². The largest absolute Gasteiger partial charge is 0.369 e. The molecule has 2 N–H and O–H groups in total. The van der Waals surface area contributed by atoms with Crippen molar-refractivity contribution in [2.24, 2.45) is 11.7 Å². The lowest BCUT2D eigenvalue weighted by molar-refractivity contribution is -0.0802. The smallest absolute Gasteiger partial charge is 0.0808 e. The summed E-state index contributed by atoms with van der Waals surface area (Å²) in [5, 5.41) is 0. The highest BCUT2D eigenvalue weighted by molar-refractivity contribution is 5.37. The van der Waals surface area contributed by atoms with E-state index < -0.39 is 0 Å². The molecule has 1 aromatic carbocycles. The summed E-state index contributed by atoms with van der Waals surface area (Å²) in [5.41, 5.74) is 11.3. The van der Waals surface area contributed by atoms with Gasteiger partial charge in [0.2, 0.25) is 0 Å². The van der Waals surface area contributed by atoms with E-state index in [1.807, 2.05) is 0 Å². The van der Waals surface area contributed by atoms with Crippen molar-refractivity contribution >= 4 is 0 Å². The molecular weight excluding hydrogens is 246 g/mol. The van der Waals surface area contributed by atoms with Crippen LogP contribution >= 0.6 is 0 Å². The summed E-state index contributed by atoms with van der Waals surface area (Å²) in [5.74, 6) is 0.820. The summed E-state index contributed by atoms with van der Waals surface area (Å²) < 4.78 is 6.33. The van der Waals surface area contributed by atoms with Crippen LogP contribution in [0.3, 0.4) is 0 Å². The van der Waals surface area contributed by atoms with Crippen LogP contribution in [0.15, 0.2) is 12.1 Å². The number of hydrogen-bond acceptors (Lipinski definition) is 2. The molecule has 0 saturated heterocycles. The molecule has 20 heavy (non-hydrogen) atoms. The minimum absolute atomic E-state index is 0.0870. The number of hydrogen-bond donors (Lipinski definition) is 1. The lowest BCUT2D eigenvalue weighted by Gasteiger charge is -2.38. The van der Waals surface area contributed by atoms with Crippen LogP contribution in [0, 0.1) is 26.7 Å². The molecule has 1 fully saturated rings. The van der Waals surface area contributed by atoms with Gasteiger partial charge in [-0.3, -0.25) is 0 Å². The predicted octanol–water partition coefficient (Wildman–Crippen LogP) is 4.04. The fourth-order valence-corrected chi connectivity index (χ4v) is 3.36. The Bertz CT molecular complexity index is 435. The van der Waals surface area contributed by atoms with Gasteiger partial charge in [-0.05, 0) is 69.1 Å². The zero-order valence-electron chi connectivity index (χ0n) is 13.5. The van der Waals surface area contributed by atoms with Crippen molar-refractivity contribution in [3.8, 4) is 0 Å². The predicted molar refractivity (Wildman–Crippen MR) is 84.9 cm³/mol. The van der Waals surface area contributed by atoms with Crippen LogP contribution in [0.5, 0.6) is 0 Å². The van der Waals surface area contributed by atoms with Crippen molar-refractivity contribution in [2.75, 3.05) is 6.54 Å². The summed E-state index contributed by atoms with van der Waals surface area (Å²) in [6.45, 7) is 10.2. The lowest BCUT2D eigenvalue weighted by Crippen LogP contribution is -2.43. The van der Waals surface area contributed by atoms with Crippen LogP contribution < -0.4 is 5.73 Å². The second kappa shape index (κ2) is 6.28. The molecule has 1 saturated carbocycles. The van der Waals surface area contributed by atoms with Gasteiger partial charge in [-0.1, -0.05) is 24.6 Å². The molecule has 0 spiro atoms. The van der Waals surface area contributed by atoms with Crippen LogP contribution in [0.25, 0.3) is 0 Å². The highest BCUT2D eigenvalue weighted by Gasteiger charge is 2.34. The molecule has 0 radical (unpaired) electrons. The van der Waals surface area contributed by atoms with Crippen LogP contribution in [0.2, 0.25) is 0 Å². The summed E-state index contributed by atoms with van der Waals surface area (Å²) in [6, 6.07) is 4.48. The highest BCUT2D eigenvalue weighted by Crippen LogP contribution is 2.35. The molecule has 0 amide bonds.